The molecule has 2 unspecified atom stereocenters. The van der Waals surface area contributed by atoms with Crippen LogP contribution in [0.4, 0.5) is 0 Å². The molecule has 2 atom stereocenters. The van der Waals surface area contributed by atoms with Crippen molar-refractivity contribution in [3.05, 3.63) is 47.5 Å². The van der Waals surface area contributed by atoms with Crippen LogP contribution >= 0.6 is 0 Å². The standard InChI is InChI=1S/C14H15N3/c1-9-8-10(2)15-14-12(9)13(16-17-14)11-6-4-3-5-7-11/h3-8,12,14,17H,1-2H3. The van der Waals surface area contributed by atoms with Crippen molar-refractivity contribution in [1.82, 2.24) is 5.43 Å². The molecule has 3 nitrogen and oxygen atoms in total. The van der Waals surface area contributed by atoms with Gasteiger partial charge in [-0.2, -0.15) is 5.10 Å². The van der Waals surface area contributed by atoms with Crippen molar-refractivity contribution in [3.63, 3.8) is 0 Å². The molecular weight excluding hydrogens is 210 g/mol. The summed E-state index contributed by atoms with van der Waals surface area (Å²) in [6, 6.07) is 10.3. The van der Waals surface area contributed by atoms with Crippen LogP contribution < -0.4 is 5.43 Å². The number of nitrogens with zero attached hydrogens (tertiary/aromatic N) is 2. The number of aliphatic imine (C=N–C) groups is 1. The van der Waals surface area contributed by atoms with E-state index >= 15 is 0 Å². The van der Waals surface area contributed by atoms with E-state index in [1.54, 1.807) is 0 Å². The number of dihydropyridines is 1. The molecule has 0 spiro atoms. The quantitative estimate of drug-likeness (QED) is 0.782. The van der Waals surface area contributed by atoms with Gasteiger partial charge in [-0.05, 0) is 25.5 Å². The maximum atomic E-state index is 4.58. The van der Waals surface area contributed by atoms with Crippen molar-refractivity contribution >= 4 is 11.4 Å². The van der Waals surface area contributed by atoms with E-state index in [4.69, 9.17) is 0 Å². The number of benzene rings is 1. The van der Waals surface area contributed by atoms with Gasteiger partial charge in [0.1, 0.15) is 6.17 Å². The molecule has 3 rings (SSSR count). The van der Waals surface area contributed by atoms with Gasteiger partial charge in [-0.3, -0.25) is 10.4 Å². The second kappa shape index (κ2) is 3.84. The molecule has 2 aliphatic heterocycles. The first-order valence-electron chi connectivity index (χ1n) is 5.87. The zero-order valence-corrected chi connectivity index (χ0v) is 10.0. The number of allylic oxidation sites excluding steroid dienone is 1. The average Bonchev–Trinajstić information content (AvgIpc) is 2.74. The van der Waals surface area contributed by atoms with E-state index in [1.807, 2.05) is 25.1 Å². The van der Waals surface area contributed by atoms with Crippen molar-refractivity contribution in [3.8, 4) is 0 Å². The van der Waals surface area contributed by atoms with Gasteiger partial charge in [-0.1, -0.05) is 35.9 Å². The molecule has 0 amide bonds. The maximum absolute atomic E-state index is 4.58. The smallest absolute Gasteiger partial charge is 0.146 e. The minimum atomic E-state index is 0.0789. The highest BCUT2D eigenvalue weighted by Gasteiger charge is 2.35. The fraction of sp³-hybridized carbons (Fsp3) is 0.286. The number of nitrogens with one attached hydrogen (secondary N) is 1. The largest absolute Gasteiger partial charge is 0.285 e. The van der Waals surface area contributed by atoms with Crippen molar-refractivity contribution in [2.45, 2.75) is 20.0 Å². The molecule has 17 heavy (non-hydrogen) atoms. The SMILES string of the molecule is CC1=CC(C)=NC2NN=C(c3ccccc3)C12. The maximum Gasteiger partial charge on any atom is 0.146 e. The molecular formula is C14H15N3. The second-order valence-corrected chi connectivity index (χ2v) is 4.57. The lowest BCUT2D eigenvalue weighted by Crippen LogP contribution is -2.32. The Morgan fingerprint density at radius 1 is 1.12 bits per heavy atom. The topological polar surface area (TPSA) is 36.8 Å². The molecule has 2 heterocycles. The molecule has 2 aliphatic rings. The highest BCUT2D eigenvalue weighted by Crippen LogP contribution is 2.29. The molecule has 0 saturated heterocycles. The van der Waals surface area contributed by atoms with Crippen LogP contribution in [0.5, 0.6) is 0 Å². The Morgan fingerprint density at radius 2 is 1.88 bits per heavy atom. The molecule has 1 N–H and O–H groups in total. The summed E-state index contributed by atoms with van der Waals surface area (Å²) in [6.45, 7) is 4.18. The van der Waals surface area contributed by atoms with Crippen LogP contribution in [-0.2, 0) is 0 Å². The van der Waals surface area contributed by atoms with Gasteiger partial charge in [-0.25, -0.2) is 0 Å². The fourth-order valence-corrected chi connectivity index (χ4v) is 2.53. The zero-order valence-electron chi connectivity index (χ0n) is 10.0. The summed E-state index contributed by atoms with van der Waals surface area (Å²) >= 11 is 0. The molecule has 0 fully saturated rings. The van der Waals surface area contributed by atoms with E-state index in [0.29, 0.717) is 0 Å². The summed E-state index contributed by atoms with van der Waals surface area (Å²) in [5.74, 6) is 0.279. The van der Waals surface area contributed by atoms with E-state index in [9.17, 15) is 0 Å². The minimum absolute atomic E-state index is 0.0789. The Morgan fingerprint density at radius 3 is 2.65 bits per heavy atom. The van der Waals surface area contributed by atoms with Crippen LogP contribution in [0.25, 0.3) is 0 Å². The van der Waals surface area contributed by atoms with E-state index < -0.39 is 0 Å². The van der Waals surface area contributed by atoms with Gasteiger partial charge in [-0.15, -0.1) is 0 Å². The van der Waals surface area contributed by atoms with E-state index in [1.165, 1.54) is 11.1 Å². The van der Waals surface area contributed by atoms with Gasteiger partial charge < -0.3 is 0 Å². The monoisotopic (exact) mass is 225 g/mol. The molecule has 0 saturated carbocycles. The summed E-state index contributed by atoms with van der Waals surface area (Å²) in [6.07, 6.45) is 2.22. The summed E-state index contributed by atoms with van der Waals surface area (Å²) < 4.78 is 0. The van der Waals surface area contributed by atoms with E-state index in [-0.39, 0.29) is 12.1 Å². The van der Waals surface area contributed by atoms with Crippen molar-refractivity contribution in [2.75, 3.05) is 0 Å². The predicted octanol–water partition coefficient (Wildman–Crippen LogP) is 2.36. The number of hydrazone groups is 1. The Balaban J connectivity index is 1.99. The summed E-state index contributed by atoms with van der Waals surface area (Å²) in [7, 11) is 0. The zero-order chi connectivity index (χ0) is 11.8. The lowest BCUT2D eigenvalue weighted by Gasteiger charge is -2.22. The van der Waals surface area contributed by atoms with Crippen LogP contribution in [0.15, 0.2) is 52.1 Å². The number of hydrogen-bond acceptors (Lipinski definition) is 3. The van der Waals surface area contributed by atoms with Gasteiger partial charge in [0.2, 0.25) is 0 Å². The molecule has 86 valence electrons. The number of rotatable bonds is 1. The van der Waals surface area contributed by atoms with Crippen LogP contribution in [0.3, 0.4) is 0 Å². The molecule has 0 bridgehead atoms. The first-order chi connectivity index (χ1) is 8.25. The Kier molecular flexibility index (Phi) is 2.32. The van der Waals surface area contributed by atoms with Gasteiger partial charge in [0.05, 0.1) is 11.6 Å². The van der Waals surface area contributed by atoms with Gasteiger partial charge in [0.15, 0.2) is 0 Å². The third-order valence-electron chi connectivity index (χ3n) is 3.27. The van der Waals surface area contributed by atoms with Crippen LogP contribution in [0.1, 0.15) is 19.4 Å². The molecule has 1 aromatic rings. The van der Waals surface area contributed by atoms with Crippen LogP contribution in [0.2, 0.25) is 0 Å². The normalized spacial score (nSPS) is 26.6. The number of hydrogen-bond donors (Lipinski definition) is 1. The number of fused-ring (bicyclic) bond motifs is 1. The Hall–Kier alpha value is -1.90. The van der Waals surface area contributed by atoms with E-state index in [0.717, 1.165) is 11.4 Å². The first kappa shape index (κ1) is 10.3. The minimum Gasteiger partial charge on any atom is -0.285 e. The average molecular weight is 225 g/mol. The highest BCUT2D eigenvalue weighted by molar-refractivity contribution is 6.07. The summed E-state index contributed by atoms with van der Waals surface area (Å²) in [5.41, 5.74) is 7.80. The summed E-state index contributed by atoms with van der Waals surface area (Å²) in [4.78, 5) is 4.58. The van der Waals surface area contributed by atoms with E-state index in [2.05, 4.69) is 40.7 Å². The summed E-state index contributed by atoms with van der Waals surface area (Å²) in [5, 5.41) is 4.45. The Labute approximate surface area is 101 Å². The van der Waals surface area contributed by atoms with Crippen molar-refractivity contribution in [1.29, 1.82) is 0 Å². The van der Waals surface area contributed by atoms with Crippen molar-refractivity contribution < 1.29 is 0 Å². The van der Waals surface area contributed by atoms with Crippen molar-refractivity contribution in [2.24, 2.45) is 16.0 Å². The lowest BCUT2D eigenvalue weighted by atomic mass is 9.87. The van der Waals surface area contributed by atoms with Crippen LogP contribution in [-0.4, -0.2) is 17.6 Å². The third kappa shape index (κ3) is 1.68. The predicted molar refractivity (Wildman–Crippen MR) is 70.3 cm³/mol. The van der Waals surface area contributed by atoms with Gasteiger partial charge >= 0.3 is 0 Å². The molecule has 0 aromatic heterocycles. The molecule has 1 aromatic carbocycles. The molecule has 3 heteroatoms. The van der Waals surface area contributed by atoms with Crippen LogP contribution in [0, 0.1) is 5.92 Å². The fourth-order valence-electron chi connectivity index (χ4n) is 2.53. The first-order valence-corrected chi connectivity index (χ1v) is 5.87. The lowest BCUT2D eigenvalue weighted by molar-refractivity contribution is 0.530. The highest BCUT2D eigenvalue weighted by atomic mass is 15.4. The van der Waals surface area contributed by atoms with Gasteiger partial charge in [0.25, 0.3) is 0 Å². The Bertz CT molecular complexity index is 526. The van der Waals surface area contributed by atoms with Gasteiger partial charge in [0, 0.05) is 5.71 Å². The molecule has 0 radical (unpaired) electrons. The molecule has 0 aliphatic carbocycles. The third-order valence-corrected chi connectivity index (χ3v) is 3.27. The second-order valence-electron chi connectivity index (χ2n) is 4.57.